The maximum absolute atomic E-state index is 6.38. The van der Waals surface area contributed by atoms with Gasteiger partial charge in [0.2, 0.25) is 0 Å². The molecule has 6 heteroatoms. The van der Waals surface area contributed by atoms with Crippen LogP contribution in [-0.2, 0) is 0 Å². The van der Waals surface area contributed by atoms with Gasteiger partial charge in [0, 0.05) is 17.8 Å². The van der Waals surface area contributed by atoms with Crippen LogP contribution in [0.1, 0.15) is 39.5 Å². The number of hydrogen-bond donors (Lipinski definition) is 1. The second-order valence-corrected chi connectivity index (χ2v) is 6.53. The van der Waals surface area contributed by atoms with E-state index in [9.17, 15) is 0 Å². The molecule has 0 aliphatic carbocycles. The number of unbranched alkanes of at least 4 members (excludes halogenated alkanes) is 2. The summed E-state index contributed by atoms with van der Waals surface area (Å²) in [7, 11) is 0. The molecule has 0 bridgehead atoms. The standard InChI is InChI=1S/C17H22BrClN2O2/c1-3-5-7-22-15-10-16(23-8-6-4-2)14(19)9-12(15)17-13(18)11-20-21-17/h9-11H,3-8H2,1-2H3,(H,20,21). The fourth-order valence-corrected chi connectivity index (χ4v) is 2.69. The second-order valence-electron chi connectivity index (χ2n) is 5.26. The number of nitrogens with one attached hydrogen (secondary N) is 1. The Kier molecular flexibility index (Phi) is 7.24. The molecule has 1 aromatic heterocycles. The Morgan fingerprint density at radius 1 is 1.09 bits per heavy atom. The molecule has 0 aliphatic rings. The van der Waals surface area contributed by atoms with Crippen molar-refractivity contribution in [3.05, 3.63) is 27.8 Å². The Morgan fingerprint density at radius 2 is 1.74 bits per heavy atom. The molecule has 0 amide bonds. The largest absolute Gasteiger partial charge is 0.493 e. The van der Waals surface area contributed by atoms with E-state index < -0.39 is 0 Å². The molecule has 1 aromatic carbocycles. The normalized spacial score (nSPS) is 10.8. The molecule has 2 aromatic rings. The fourth-order valence-electron chi connectivity index (χ4n) is 2.07. The lowest BCUT2D eigenvalue weighted by atomic mass is 10.1. The lowest BCUT2D eigenvalue weighted by Crippen LogP contribution is -2.01. The highest BCUT2D eigenvalue weighted by molar-refractivity contribution is 9.10. The molecule has 4 nitrogen and oxygen atoms in total. The first kappa shape index (κ1) is 18.1. The number of halogens is 2. The molecule has 0 saturated carbocycles. The Labute approximate surface area is 150 Å². The van der Waals surface area contributed by atoms with Gasteiger partial charge < -0.3 is 9.47 Å². The molecule has 0 fully saturated rings. The van der Waals surface area contributed by atoms with E-state index in [0.29, 0.717) is 24.0 Å². The van der Waals surface area contributed by atoms with Gasteiger partial charge in [-0.15, -0.1) is 0 Å². The van der Waals surface area contributed by atoms with E-state index in [1.807, 2.05) is 12.1 Å². The van der Waals surface area contributed by atoms with Crippen LogP contribution in [0.15, 0.2) is 22.8 Å². The van der Waals surface area contributed by atoms with Crippen molar-refractivity contribution in [2.45, 2.75) is 39.5 Å². The number of aromatic nitrogens is 2. The highest BCUT2D eigenvalue weighted by Gasteiger charge is 2.16. The molecule has 0 saturated heterocycles. The summed E-state index contributed by atoms with van der Waals surface area (Å²) in [5.41, 5.74) is 1.63. The lowest BCUT2D eigenvalue weighted by Gasteiger charge is -2.14. The second kappa shape index (κ2) is 9.18. The summed E-state index contributed by atoms with van der Waals surface area (Å²) in [6.07, 6.45) is 5.93. The van der Waals surface area contributed by atoms with Crippen molar-refractivity contribution in [3.63, 3.8) is 0 Å². The Balaban J connectivity index is 2.32. The molecule has 126 valence electrons. The molecule has 0 atom stereocenters. The first-order chi connectivity index (χ1) is 11.2. The summed E-state index contributed by atoms with van der Waals surface area (Å²) in [6, 6.07) is 3.72. The van der Waals surface area contributed by atoms with Gasteiger partial charge in [0.15, 0.2) is 0 Å². The quantitative estimate of drug-likeness (QED) is 0.536. The van der Waals surface area contributed by atoms with Crippen molar-refractivity contribution in [1.82, 2.24) is 10.2 Å². The molecule has 0 radical (unpaired) electrons. The van der Waals surface area contributed by atoms with Crippen LogP contribution >= 0.6 is 27.5 Å². The first-order valence-corrected chi connectivity index (χ1v) is 9.13. The highest BCUT2D eigenvalue weighted by Crippen LogP contribution is 2.40. The molecule has 23 heavy (non-hydrogen) atoms. The third-order valence-electron chi connectivity index (χ3n) is 3.39. The number of rotatable bonds is 9. The smallest absolute Gasteiger partial charge is 0.141 e. The SMILES string of the molecule is CCCCOc1cc(OCCCC)c(-c2n[nH]cc2Br)cc1Cl. The molecule has 1 N–H and O–H groups in total. The molecule has 1 heterocycles. The van der Waals surface area contributed by atoms with E-state index in [-0.39, 0.29) is 0 Å². The number of ether oxygens (including phenoxy) is 2. The molecular formula is C17H22BrClN2O2. The van der Waals surface area contributed by atoms with Gasteiger partial charge in [0.05, 0.1) is 22.7 Å². The van der Waals surface area contributed by atoms with E-state index >= 15 is 0 Å². The van der Waals surface area contributed by atoms with Crippen LogP contribution in [0.3, 0.4) is 0 Å². The summed E-state index contributed by atoms with van der Waals surface area (Å²) >= 11 is 9.87. The molecule has 0 spiro atoms. The zero-order chi connectivity index (χ0) is 16.7. The number of nitrogens with zero attached hydrogens (tertiary/aromatic N) is 1. The minimum atomic E-state index is 0.564. The van der Waals surface area contributed by atoms with E-state index in [2.05, 4.69) is 40.0 Å². The van der Waals surface area contributed by atoms with Gasteiger partial charge in [-0.3, -0.25) is 5.10 Å². The van der Waals surface area contributed by atoms with Gasteiger partial charge >= 0.3 is 0 Å². The summed E-state index contributed by atoms with van der Waals surface area (Å²) < 4.78 is 12.6. The van der Waals surface area contributed by atoms with Crippen LogP contribution in [0.25, 0.3) is 11.3 Å². The molecule has 0 aliphatic heterocycles. The van der Waals surface area contributed by atoms with Crippen LogP contribution in [-0.4, -0.2) is 23.4 Å². The fraction of sp³-hybridized carbons (Fsp3) is 0.471. The maximum Gasteiger partial charge on any atom is 0.141 e. The third-order valence-corrected chi connectivity index (χ3v) is 4.29. The van der Waals surface area contributed by atoms with Gasteiger partial charge in [0.1, 0.15) is 17.2 Å². The molecular weight excluding hydrogens is 380 g/mol. The van der Waals surface area contributed by atoms with E-state index in [0.717, 1.165) is 47.2 Å². The van der Waals surface area contributed by atoms with Crippen LogP contribution in [0, 0.1) is 0 Å². The van der Waals surface area contributed by atoms with E-state index in [1.165, 1.54) is 0 Å². The Hall–Kier alpha value is -1.20. The predicted molar refractivity (Wildman–Crippen MR) is 97.5 cm³/mol. The number of hydrogen-bond acceptors (Lipinski definition) is 3. The van der Waals surface area contributed by atoms with Crippen molar-refractivity contribution >= 4 is 27.5 Å². The van der Waals surface area contributed by atoms with Crippen LogP contribution in [0.2, 0.25) is 5.02 Å². The topological polar surface area (TPSA) is 47.1 Å². The molecule has 2 rings (SSSR count). The minimum absolute atomic E-state index is 0.564. The van der Waals surface area contributed by atoms with E-state index in [4.69, 9.17) is 21.1 Å². The predicted octanol–water partition coefficient (Wildman–Crippen LogP) is 5.85. The Morgan fingerprint density at radius 3 is 2.30 bits per heavy atom. The molecule has 0 unspecified atom stereocenters. The summed E-state index contributed by atoms with van der Waals surface area (Å²) in [6.45, 7) is 5.57. The summed E-state index contributed by atoms with van der Waals surface area (Å²) in [5, 5.41) is 7.67. The van der Waals surface area contributed by atoms with Crippen molar-refractivity contribution in [2.75, 3.05) is 13.2 Å². The van der Waals surface area contributed by atoms with Gasteiger partial charge in [-0.1, -0.05) is 38.3 Å². The summed E-state index contributed by atoms with van der Waals surface area (Å²) in [4.78, 5) is 0. The van der Waals surface area contributed by atoms with Crippen LogP contribution < -0.4 is 9.47 Å². The van der Waals surface area contributed by atoms with Gasteiger partial charge in [-0.2, -0.15) is 5.10 Å². The Bertz CT molecular complexity index is 631. The van der Waals surface area contributed by atoms with Gasteiger partial charge in [-0.05, 0) is 34.8 Å². The van der Waals surface area contributed by atoms with Gasteiger partial charge in [-0.25, -0.2) is 0 Å². The number of benzene rings is 1. The number of H-pyrrole nitrogens is 1. The zero-order valence-electron chi connectivity index (χ0n) is 13.5. The highest BCUT2D eigenvalue weighted by atomic mass is 79.9. The van der Waals surface area contributed by atoms with Crippen molar-refractivity contribution in [3.8, 4) is 22.8 Å². The minimum Gasteiger partial charge on any atom is -0.493 e. The monoisotopic (exact) mass is 400 g/mol. The third kappa shape index (κ3) is 4.88. The van der Waals surface area contributed by atoms with Crippen molar-refractivity contribution in [2.24, 2.45) is 0 Å². The van der Waals surface area contributed by atoms with Crippen molar-refractivity contribution in [1.29, 1.82) is 0 Å². The first-order valence-electron chi connectivity index (χ1n) is 7.96. The van der Waals surface area contributed by atoms with Crippen LogP contribution in [0.4, 0.5) is 0 Å². The van der Waals surface area contributed by atoms with Gasteiger partial charge in [0.25, 0.3) is 0 Å². The maximum atomic E-state index is 6.38. The summed E-state index contributed by atoms with van der Waals surface area (Å²) in [5.74, 6) is 1.39. The number of aromatic amines is 1. The average molecular weight is 402 g/mol. The zero-order valence-corrected chi connectivity index (χ0v) is 15.8. The van der Waals surface area contributed by atoms with Crippen LogP contribution in [0.5, 0.6) is 11.5 Å². The average Bonchev–Trinajstić information content (AvgIpc) is 2.96. The lowest BCUT2D eigenvalue weighted by molar-refractivity contribution is 0.295. The van der Waals surface area contributed by atoms with E-state index in [1.54, 1.807) is 6.20 Å². The van der Waals surface area contributed by atoms with Crippen molar-refractivity contribution < 1.29 is 9.47 Å².